The molecule has 1 aromatic heterocycles. The number of benzene rings is 1. The molecular weight excluding hydrogens is 258 g/mol. The molecule has 0 aliphatic heterocycles. The molecule has 0 saturated heterocycles. The first-order chi connectivity index (χ1) is 9.15. The number of hydrogen-bond donors (Lipinski definition) is 2. The van der Waals surface area contributed by atoms with E-state index < -0.39 is 0 Å². The van der Waals surface area contributed by atoms with Crippen LogP contribution in [0.2, 0.25) is 0 Å². The molecule has 0 spiro atoms. The van der Waals surface area contributed by atoms with Crippen molar-refractivity contribution in [3.63, 3.8) is 0 Å². The molecule has 0 fully saturated rings. The quantitative estimate of drug-likeness (QED) is 0.839. The van der Waals surface area contributed by atoms with E-state index in [0.717, 1.165) is 23.0 Å². The first-order valence-corrected chi connectivity index (χ1v) is 6.64. The van der Waals surface area contributed by atoms with Crippen molar-refractivity contribution in [2.45, 2.75) is 13.5 Å². The van der Waals surface area contributed by atoms with Gasteiger partial charge in [0.1, 0.15) is 0 Å². The van der Waals surface area contributed by atoms with Crippen LogP contribution in [0.5, 0.6) is 0 Å². The molecule has 0 atom stereocenters. The maximum atomic E-state index is 12.0. The molecule has 0 aliphatic rings. The van der Waals surface area contributed by atoms with Crippen LogP contribution in [-0.4, -0.2) is 28.6 Å². The normalized spacial score (nSPS) is 10.4. The third-order valence-corrected chi connectivity index (χ3v) is 3.54. The summed E-state index contributed by atoms with van der Waals surface area (Å²) >= 11 is 5.22. The van der Waals surface area contributed by atoms with Gasteiger partial charge in [0.05, 0.1) is 6.54 Å². The van der Waals surface area contributed by atoms with Gasteiger partial charge in [0.15, 0.2) is 5.11 Å². The number of rotatable bonds is 3. The number of fused-ring (bicyclic) bond motifs is 1. The van der Waals surface area contributed by atoms with E-state index in [0.29, 0.717) is 11.7 Å². The average molecular weight is 275 g/mol. The molecule has 19 heavy (non-hydrogen) atoms. The molecular formula is C14H17N3OS. The van der Waals surface area contributed by atoms with Gasteiger partial charge in [-0.1, -0.05) is 18.2 Å². The molecule has 2 rings (SSSR count). The predicted molar refractivity (Wildman–Crippen MR) is 82.3 cm³/mol. The van der Waals surface area contributed by atoms with Crippen LogP contribution in [0.15, 0.2) is 35.1 Å². The fourth-order valence-corrected chi connectivity index (χ4v) is 2.19. The molecule has 2 aromatic rings. The van der Waals surface area contributed by atoms with Gasteiger partial charge in [0.25, 0.3) is 5.56 Å². The summed E-state index contributed by atoms with van der Waals surface area (Å²) in [5.41, 5.74) is 1.52. The number of pyridine rings is 1. The van der Waals surface area contributed by atoms with Crippen LogP contribution in [-0.2, 0) is 6.54 Å². The summed E-state index contributed by atoms with van der Waals surface area (Å²) < 4.78 is 0. The van der Waals surface area contributed by atoms with Crippen LogP contribution in [0, 0.1) is 0 Å². The van der Waals surface area contributed by atoms with Crippen molar-refractivity contribution in [3.05, 3.63) is 46.2 Å². The molecule has 0 saturated carbocycles. The third kappa shape index (κ3) is 2.93. The second kappa shape index (κ2) is 5.84. The van der Waals surface area contributed by atoms with Crippen molar-refractivity contribution in [2.24, 2.45) is 0 Å². The Morgan fingerprint density at radius 1 is 1.42 bits per heavy atom. The lowest BCUT2D eigenvalue weighted by atomic mass is 10.1. The number of aromatic amines is 1. The van der Waals surface area contributed by atoms with Crippen LogP contribution >= 0.6 is 12.2 Å². The molecule has 1 heterocycles. The molecule has 2 N–H and O–H groups in total. The largest absolute Gasteiger partial charge is 0.366 e. The van der Waals surface area contributed by atoms with Crippen LogP contribution < -0.4 is 10.9 Å². The first-order valence-electron chi connectivity index (χ1n) is 6.23. The van der Waals surface area contributed by atoms with E-state index in [2.05, 4.69) is 10.3 Å². The number of thiocarbonyl (C=S) groups is 1. The van der Waals surface area contributed by atoms with Crippen molar-refractivity contribution in [2.75, 3.05) is 13.6 Å². The maximum Gasteiger partial charge on any atom is 0.253 e. The Bertz CT molecular complexity index is 650. The highest BCUT2D eigenvalue weighted by molar-refractivity contribution is 7.80. The van der Waals surface area contributed by atoms with E-state index in [1.165, 1.54) is 0 Å². The fourth-order valence-electron chi connectivity index (χ4n) is 2.00. The van der Waals surface area contributed by atoms with Crippen LogP contribution in [0.25, 0.3) is 10.9 Å². The summed E-state index contributed by atoms with van der Waals surface area (Å²) in [4.78, 5) is 16.9. The maximum absolute atomic E-state index is 12.0. The van der Waals surface area contributed by atoms with E-state index in [9.17, 15) is 4.79 Å². The van der Waals surface area contributed by atoms with Crippen molar-refractivity contribution in [3.8, 4) is 0 Å². The summed E-state index contributed by atoms with van der Waals surface area (Å²) in [6.45, 7) is 3.28. The van der Waals surface area contributed by atoms with Gasteiger partial charge in [-0.3, -0.25) is 4.79 Å². The molecule has 4 nitrogen and oxygen atoms in total. The van der Waals surface area contributed by atoms with E-state index in [1.807, 2.05) is 42.2 Å². The fraction of sp³-hybridized carbons (Fsp3) is 0.286. The van der Waals surface area contributed by atoms with Crippen LogP contribution in [0.3, 0.4) is 0 Å². The van der Waals surface area contributed by atoms with Gasteiger partial charge in [-0.2, -0.15) is 0 Å². The number of nitrogens with one attached hydrogen (secondary N) is 2. The molecule has 0 aliphatic carbocycles. The van der Waals surface area contributed by atoms with Crippen molar-refractivity contribution >= 4 is 28.2 Å². The lowest BCUT2D eigenvalue weighted by Gasteiger charge is -2.22. The van der Waals surface area contributed by atoms with Gasteiger partial charge in [0.2, 0.25) is 0 Å². The highest BCUT2D eigenvalue weighted by Gasteiger charge is 2.10. The molecule has 5 heteroatoms. The summed E-state index contributed by atoms with van der Waals surface area (Å²) in [6, 6.07) is 9.68. The number of aromatic nitrogens is 1. The highest BCUT2D eigenvalue weighted by atomic mass is 32.1. The van der Waals surface area contributed by atoms with E-state index in [4.69, 9.17) is 12.2 Å². The lowest BCUT2D eigenvalue weighted by Crippen LogP contribution is -2.38. The second-order valence-electron chi connectivity index (χ2n) is 4.28. The van der Waals surface area contributed by atoms with E-state index >= 15 is 0 Å². The average Bonchev–Trinajstić information content (AvgIpc) is 2.44. The van der Waals surface area contributed by atoms with Crippen LogP contribution in [0.4, 0.5) is 0 Å². The van der Waals surface area contributed by atoms with Crippen molar-refractivity contribution < 1.29 is 0 Å². The molecule has 100 valence electrons. The molecule has 0 unspecified atom stereocenters. The zero-order valence-electron chi connectivity index (χ0n) is 11.1. The Balaban J connectivity index is 2.37. The van der Waals surface area contributed by atoms with Gasteiger partial charge in [0, 0.05) is 24.7 Å². The van der Waals surface area contributed by atoms with E-state index in [-0.39, 0.29) is 5.56 Å². The predicted octanol–water partition coefficient (Wildman–Crippen LogP) is 1.85. The van der Waals surface area contributed by atoms with Gasteiger partial charge in [-0.25, -0.2) is 0 Å². The standard InChI is InChI=1S/C14H17N3OS/c1-3-17(14(19)15-2)9-11-8-10-6-4-5-7-12(10)16-13(11)18/h4-8H,3,9H2,1-2H3,(H,15,19)(H,16,18). The summed E-state index contributed by atoms with van der Waals surface area (Å²) in [5.74, 6) is 0. The smallest absolute Gasteiger partial charge is 0.253 e. The lowest BCUT2D eigenvalue weighted by molar-refractivity contribution is 0.429. The summed E-state index contributed by atoms with van der Waals surface area (Å²) in [5, 5.41) is 4.62. The van der Waals surface area contributed by atoms with Crippen LogP contribution in [0.1, 0.15) is 12.5 Å². The minimum Gasteiger partial charge on any atom is -0.366 e. The van der Waals surface area contributed by atoms with Crippen molar-refractivity contribution in [1.82, 2.24) is 15.2 Å². The van der Waals surface area contributed by atoms with Gasteiger partial charge in [-0.15, -0.1) is 0 Å². The molecule has 0 bridgehead atoms. The second-order valence-corrected chi connectivity index (χ2v) is 4.67. The van der Waals surface area contributed by atoms with Gasteiger partial charge in [-0.05, 0) is 36.7 Å². The van der Waals surface area contributed by atoms with Crippen molar-refractivity contribution in [1.29, 1.82) is 0 Å². The topological polar surface area (TPSA) is 48.1 Å². The highest BCUT2D eigenvalue weighted by Crippen LogP contribution is 2.11. The van der Waals surface area contributed by atoms with E-state index in [1.54, 1.807) is 7.05 Å². The Morgan fingerprint density at radius 2 is 2.16 bits per heavy atom. The van der Waals surface area contributed by atoms with Gasteiger partial charge >= 0.3 is 0 Å². The number of para-hydroxylation sites is 1. The molecule has 0 radical (unpaired) electrons. The molecule has 0 amide bonds. The summed E-state index contributed by atoms with van der Waals surface area (Å²) in [7, 11) is 1.79. The number of nitrogens with zero attached hydrogens (tertiary/aromatic N) is 1. The Kier molecular flexibility index (Phi) is 4.16. The summed E-state index contributed by atoms with van der Waals surface area (Å²) in [6.07, 6.45) is 0. The SMILES string of the molecule is CCN(Cc1cc2ccccc2[nH]c1=O)C(=S)NC. The Hall–Kier alpha value is -1.88. The zero-order valence-corrected chi connectivity index (χ0v) is 11.9. The minimum atomic E-state index is -0.0592. The zero-order chi connectivity index (χ0) is 13.8. The number of hydrogen-bond acceptors (Lipinski definition) is 2. The number of H-pyrrole nitrogens is 1. The Labute approximate surface area is 117 Å². The third-order valence-electron chi connectivity index (χ3n) is 3.07. The minimum absolute atomic E-state index is 0.0592. The monoisotopic (exact) mass is 275 g/mol. The Morgan fingerprint density at radius 3 is 2.84 bits per heavy atom. The van der Waals surface area contributed by atoms with Gasteiger partial charge < -0.3 is 15.2 Å². The molecule has 1 aromatic carbocycles. The first kappa shape index (κ1) is 13.5.